The molecule has 514 valence electrons. The first-order chi connectivity index (χ1) is 44.0. The van der Waals surface area contributed by atoms with Crippen molar-refractivity contribution in [2.75, 3.05) is 47.5 Å². The fourth-order valence-corrected chi connectivity index (χ4v) is 10.6. The number of nitrogens with zero attached hydrogens (tertiary/aromatic N) is 1. The molecular formula is C80H136NO8P. The lowest BCUT2D eigenvalue weighted by atomic mass is 10.0. The number of hydrogen-bond acceptors (Lipinski definition) is 8. The van der Waals surface area contributed by atoms with Crippen molar-refractivity contribution >= 4 is 19.8 Å². The van der Waals surface area contributed by atoms with Gasteiger partial charge in [-0.3, -0.25) is 14.2 Å². The molecule has 0 spiro atoms. The van der Waals surface area contributed by atoms with Gasteiger partial charge >= 0.3 is 11.9 Å². The molecule has 0 amide bonds. The fraction of sp³-hybridized carbons (Fsp3) is 0.675. The lowest BCUT2D eigenvalue weighted by Crippen LogP contribution is -2.37. The molecule has 0 saturated heterocycles. The summed E-state index contributed by atoms with van der Waals surface area (Å²) in [6.45, 7) is 4.00. The lowest BCUT2D eigenvalue weighted by molar-refractivity contribution is -0.870. The molecule has 0 saturated carbocycles. The van der Waals surface area contributed by atoms with Gasteiger partial charge < -0.3 is 27.9 Å². The van der Waals surface area contributed by atoms with Gasteiger partial charge in [0.1, 0.15) is 19.8 Å². The number of allylic oxidation sites excluding steroid dienone is 24. The van der Waals surface area contributed by atoms with Gasteiger partial charge in [0.25, 0.3) is 7.82 Å². The molecule has 0 aliphatic carbocycles. The van der Waals surface area contributed by atoms with E-state index in [0.717, 1.165) is 128 Å². The second-order valence-corrected chi connectivity index (χ2v) is 26.6. The first-order valence-electron chi connectivity index (χ1n) is 36.5. The van der Waals surface area contributed by atoms with E-state index in [0.29, 0.717) is 17.4 Å². The van der Waals surface area contributed by atoms with Crippen LogP contribution in [0.2, 0.25) is 0 Å². The largest absolute Gasteiger partial charge is 0.756 e. The van der Waals surface area contributed by atoms with Gasteiger partial charge in [0.15, 0.2) is 6.10 Å². The average molecular weight is 1270 g/mol. The third kappa shape index (κ3) is 72.9. The molecule has 0 radical (unpaired) electrons. The highest BCUT2D eigenvalue weighted by atomic mass is 31.2. The van der Waals surface area contributed by atoms with Crippen molar-refractivity contribution in [1.82, 2.24) is 0 Å². The first-order valence-corrected chi connectivity index (χ1v) is 38.0. The number of ether oxygens (including phenoxy) is 2. The number of rotatable bonds is 66. The molecule has 9 nitrogen and oxygen atoms in total. The van der Waals surface area contributed by atoms with E-state index in [9.17, 15) is 19.0 Å². The molecule has 0 aromatic rings. The van der Waals surface area contributed by atoms with Gasteiger partial charge in [-0.1, -0.05) is 314 Å². The fourth-order valence-electron chi connectivity index (χ4n) is 9.84. The SMILES string of the molecule is CC/C=C\C/C=C\C/C=C\C/C=C\C/C=C\C/C=C\C/C=C\CCCCCCCC(=O)OC(COC(=O)CCCCCCCCCCCCCCCCCCCCCCCCC/C=C\C/C=C\C/C=C\C/C=C\C/C=C\CC)COP(=O)([O-])OCC[N+](C)(C)C. The molecule has 0 aliphatic rings. The second kappa shape index (κ2) is 69.2. The summed E-state index contributed by atoms with van der Waals surface area (Å²) in [6, 6.07) is 0. The zero-order valence-corrected chi connectivity index (χ0v) is 59.4. The normalized spacial score (nSPS) is 14.0. The molecule has 0 aromatic heterocycles. The minimum Gasteiger partial charge on any atom is -0.756 e. The van der Waals surface area contributed by atoms with E-state index in [4.69, 9.17) is 18.5 Å². The second-order valence-electron chi connectivity index (χ2n) is 25.2. The van der Waals surface area contributed by atoms with Crippen LogP contribution in [-0.2, 0) is 32.7 Å². The molecular weight excluding hydrogens is 1130 g/mol. The topological polar surface area (TPSA) is 111 Å². The summed E-state index contributed by atoms with van der Waals surface area (Å²) < 4.78 is 34.3. The average Bonchev–Trinajstić information content (AvgIpc) is 3.61. The summed E-state index contributed by atoms with van der Waals surface area (Å²) >= 11 is 0. The number of carbonyl (C=O) groups is 2. The van der Waals surface area contributed by atoms with Gasteiger partial charge in [-0.25, -0.2) is 0 Å². The van der Waals surface area contributed by atoms with Gasteiger partial charge in [0.05, 0.1) is 27.7 Å². The van der Waals surface area contributed by atoms with E-state index in [-0.39, 0.29) is 32.0 Å². The Morgan fingerprint density at radius 1 is 0.344 bits per heavy atom. The van der Waals surface area contributed by atoms with Gasteiger partial charge in [0.2, 0.25) is 0 Å². The molecule has 2 unspecified atom stereocenters. The van der Waals surface area contributed by atoms with Crippen LogP contribution >= 0.6 is 7.82 Å². The van der Waals surface area contributed by atoms with E-state index >= 15 is 0 Å². The molecule has 2 atom stereocenters. The molecule has 0 N–H and O–H groups in total. The van der Waals surface area contributed by atoms with Gasteiger partial charge in [-0.2, -0.15) is 0 Å². The monoisotopic (exact) mass is 1270 g/mol. The number of unbranched alkanes of at least 4 members (excludes halogenated alkanes) is 28. The number of hydrogen-bond donors (Lipinski definition) is 0. The first kappa shape index (κ1) is 85.9. The smallest absolute Gasteiger partial charge is 0.306 e. The highest BCUT2D eigenvalue weighted by Crippen LogP contribution is 2.38. The Morgan fingerprint density at radius 2 is 0.600 bits per heavy atom. The van der Waals surface area contributed by atoms with Crippen LogP contribution in [0.1, 0.15) is 296 Å². The molecule has 90 heavy (non-hydrogen) atoms. The number of carbonyl (C=O) groups excluding carboxylic acids is 2. The van der Waals surface area contributed by atoms with E-state index in [1.165, 1.54) is 135 Å². The number of esters is 2. The predicted molar refractivity (Wildman–Crippen MR) is 387 cm³/mol. The minimum absolute atomic E-state index is 0.0406. The molecule has 10 heteroatoms. The molecule has 0 aromatic carbocycles. The van der Waals surface area contributed by atoms with Crippen LogP contribution in [-0.4, -0.2) is 70.0 Å². The zero-order chi connectivity index (χ0) is 65.5. The van der Waals surface area contributed by atoms with Crippen molar-refractivity contribution in [1.29, 1.82) is 0 Å². The van der Waals surface area contributed by atoms with Gasteiger partial charge in [-0.15, -0.1) is 0 Å². The van der Waals surface area contributed by atoms with E-state index in [1.54, 1.807) is 0 Å². The molecule has 0 bridgehead atoms. The van der Waals surface area contributed by atoms with Crippen LogP contribution in [0, 0.1) is 0 Å². The Morgan fingerprint density at radius 3 is 0.889 bits per heavy atom. The third-order valence-electron chi connectivity index (χ3n) is 15.4. The van der Waals surface area contributed by atoms with Crippen molar-refractivity contribution in [3.63, 3.8) is 0 Å². The summed E-state index contributed by atoms with van der Waals surface area (Å²) in [6.07, 6.45) is 102. The van der Waals surface area contributed by atoms with Crippen LogP contribution in [0.3, 0.4) is 0 Å². The number of phosphoric ester groups is 1. The minimum atomic E-state index is -4.66. The van der Waals surface area contributed by atoms with Crippen molar-refractivity contribution in [2.24, 2.45) is 0 Å². The molecule has 0 rings (SSSR count). The van der Waals surface area contributed by atoms with Crippen molar-refractivity contribution < 1.29 is 42.1 Å². The van der Waals surface area contributed by atoms with Crippen LogP contribution in [0.5, 0.6) is 0 Å². The zero-order valence-electron chi connectivity index (χ0n) is 58.5. The third-order valence-corrected chi connectivity index (χ3v) is 16.3. The number of phosphoric acid groups is 1. The van der Waals surface area contributed by atoms with Crippen LogP contribution < -0.4 is 4.89 Å². The highest BCUT2D eigenvalue weighted by Gasteiger charge is 2.22. The maximum atomic E-state index is 12.9. The quantitative estimate of drug-likeness (QED) is 0.0195. The highest BCUT2D eigenvalue weighted by molar-refractivity contribution is 7.45. The Balaban J connectivity index is 4.02. The Hall–Kier alpha value is -4.11. The summed E-state index contributed by atoms with van der Waals surface area (Å²) in [5.41, 5.74) is 0. The number of likely N-dealkylation sites (N-methyl/N-ethyl adjacent to an activating group) is 1. The van der Waals surface area contributed by atoms with Crippen molar-refractivity contribution in [3.05, 3.63) is 146 Å². The van der Waals surface area contributed by atoms with Gasteiger partial charge in [0, 0.05) is 12.8 Å². The van der Waals surface area contributed by atoms with E-state index in [2.05, 4.69) is 160 Å². The van der Waals surface area contributed by atoms with Crippen LogP contribution in [0.4, 0.5) is 0 Å². The molecule has 0 fully saturated rings. The lowest BCUT2D eigenvalue weighted by Gasteiger charge is -2.28. The summed E-state index contributed by atoms with van der Waals surface area (Å²) in [5, 5.41) is 0. The summed E-state index contributed by atoms with van der Waals surface area (Å²) in [4.78, 5) is 38.1. The molecule has 0 aliphatic heterocycles. The standard InChI is InChI=1S/C80H136NO8P/c1-6-8-10-12-14-16-18-20-22-24-26-28-30-32-34-35-36-37-38-39-40-41-42-43-44-45-47-48-50-52-54-56-58-60-62-64-66-68-70-72-79(82)86-76-78(77-88-90(84,85)87-75-74-81(3,4)5)89-80(83)73-71-69-67-65-63-61-59-57-55-53-51-49-46-33-31-29-27-25-23-21-19-17-15-13-11-9-7-2/h8-11,14-17,20-23,26-29,32-34,46,51,53,57,59,78H,6-7,12-13,18-19,24-25,30-31,35-45,47-50,52,54-56,58,60-77H2,1-5H3/b10-8-,11-9-,16-14-,17-15-,22-20-,23-21-,28-26-,29-27-,34-32-,46-33-,53-51-,59-57-. The van der Waals surface area contributed by atoms with Crippen LogP contribution in [0.15, 0.2) is 146 Å². The van der Waals surface area contributed by atoms with Gasteiger partial charge in [-0.05, 0) is 116 Å². The Bertz CT molecular complexity index is 2030. The van der Waals surface area contributed by atoms with Crippen molar-refractivity contribution in [2.45, 2.75) is 302 Å². The summed E-state index contributed by atoms with van der Waals surface area (Å²) in [5.74, 6) is -0.854. The van der Waals surface area contributed by atoms with Crippen molar-refractivity contribution in [3.8, 4) is 0 Å². The predicted octanol–water partition coefficient (Wildman–Crippen LogP) is 23.5. The summed E-state index contributed by atoms with van der Waals surface area (Å²) in [7, 11) is 1.14. The number of quaternary nitrogens is 1. The van der Waals surface area contributed by atoms with E-state index < -0.39 is 26.5 Å². The van der Waals surface area contributed by atoms with E-state index in [1.807, 2.05) is 21.1 Å². The Labute approximate surface area is 554 Å². The maximum Gasteiger partial charge on any atom is 0.306 e. The molecule has 0 heterocycles. The van der Waals surface area contributed by atoms with Crippen LogP contribution in [0.25, 0.3) is 0 Å². The maximum absolute atomic E-state index is 12.9. The Kier molecular flexibility index (Phi) is 66.1.